The quantitative estimate of drug-likeness (QED) is 0.892. The van der Waals surface area contributed by atoms with Crippen LogP contribution in [0.15, 0.2) is 24.3 Å². The number of imidazole rings is 1. The van der Waals surface area contributed by atoms with Gasteiger partial charge >= 0.3 is 0 Å². The summed E-state index contributed by atoms with van der Waals surface area (Å²) in [5, 5.41) is 2.82. The zero-order valence-corrected chi connectivity index (χ0v) is 13.6. The number of aromatic nitrogens is 2. The van der Waals surface area contributed by atoms with E-state index in [1.807, 2.05) is 24.3 Å². The zero-order chi connectivity index (χ0) is 14.5. The fourth-order valence-electron chi connectivity index (χ4n) is 2.34. The van der Waals surface area contributed by atoms with Gasteiger partial charge in [0.2, 0.25) is 11.9 Å². The zero-order valence-electron chi connectivity index (χ0n) is 12.8. The average molecular weight is 311 g/mol. The van der Waals surface area contributed by atoms with Crippen LogP contribution in [0.2, 0.25) is 0 Å². The Kier molecular flexibility index (Phi) is 6.65. The van der Waals surface area contributed by atoms with Gasteiger partial charge in [-0.15, -0.1) is 12.4 Å². The second-order valence-corrected chi connectivity index (χ2v) is 4.78. The van der Waals surface area contributed by atoms with Gasteiger partial charge in [0.25, 0.3) is 0 Å². The van der Waals surface area contributed by atoms with Crippen LogP contribution < -0.4 is 5.32 Å². The third-order valence-electron chi connectivity index (χ3n) is 3.48. The van der Waals surface area contributed by atoms with E-state index in [1.54, 1.807) is 0 Å². The number of benzene rings is 1. The molecule has 0 aliphatic rings. The fourth-order valence-corrected chi connectivity index (χ4v) is 2.34. The summed E-state index contributed by atoms with van der Waals surface area (Å²) in [5.41, 5.74) is 1.97. The van der Waals surface area contributed by atoms with Crippen LogP contribution in [0.5, 0.6) is 0 Å². The molecule has 1 amide bonds. The Morgan fingerprint density at radius 2 is 1.95 bits per heavy atom. The second kappa shape index (κ2) is 8.00. The molecule has 0 aliphatic heterocycles. The number of fused-ring (bicyclic) bond motifs is 1. The first-order chi connectivity index (χ1) is 9.65. The molecule has 0 spiro atoms. The first-order valence-corrected chi connectivity index (χ1v) is 7.11. The van der Waals surface area contributed by atoms with Gasteiger partial charge in [0, 0.05) is 20.0 Å². The molecule has 0 fully saturated rings. The molecule has 5 nitrogen and oxygen atoms in total. The van der Waals surface area contributed by atoms with Crippen molar-refractivity contribution in [2.75, 3.05) is 25.0 Å². The van der Waals surface area contributed by atoms with E-state index in [2.05, 4.69) is 33.6 Å². The highest BCUT2D eigenvalue weighted by molar-refractivity contribution is 5.89. The minimum absolute atomic E-state index is 0. The van der Waals surface area contributed by atoms with Gasteiger partial charge in [-0.05, 0) is 25.2 Å². The normalized spacial score (nSPS) is 10.7. The number of carbonyl (C=O) groups is 1. The summed E-state index contributed by atoms with van der Waals surface area (Å²) < 4.78 is 2.08. The summed E-state index contributed by atoms with van der Waals surface area (Å²) in [6.45, 7) is 9.64. The van der Waals surface area contributed by atoms with Crippen LogP contribution in [0.25, 0.3) is 11.0 Å². The van der Waals surface area contributed by atoms with Crippen molar-refractivity contribution in [2.45, 2.75) is 27.3 Å². The molecule has 21 heavy (non-hydrogen) atoms. The number of carbonyl (C=O) groups excluding carboxylic acids is 1. The number of amides is 1. The van der Waals surface area contributed by atoms with Crippen molar-refractivity contribution in [2.24, 2.45) is 0 Å². The molecule has 0 saturated heterocycles. The first kappa shape index (κ1) is 17.5. The van der Waals surface area contributed by atoms with Crippen LogP contribution >= 0.6 is 12.4 Å². The van der Waals surface area contributed by atoms with Gasteiger partial charge in [0.1, 0.15) is 0 Å². The largest absolute Gasteiger partial charge is 0.309 e. The van der Waals surface area contributed by atoms with Gasteiger partial charge in [0.15, 0.2) is 0 Å². The number of rotatable bonds is 6. The van der Waals surface area contributed by atoms with E-state index < -0.39 is 0 Å². The number of para-hydroxylation sites is 2. The topological polar surface area (TPSA) is 50.2 Å². The maximum Gasteiger partial charge on any atom is 0.223 e. The van der Waals surface area contributed by atoms with Gasteiger partial charge in [0.05, 0.1) is 11.0 Å². The van der Waals surface area contributed by atoms with Crippen molar-refractivity contribution in [3.05, 3.63) is 24.3 Å². The van der Waals surface area contributed by atoms with E-state index in [-0.39, 0.29) is 18.3 Å². The van der Waals surface area contributed by atoms with Crippen LogP contribution in [-0.2, 0) is 11.3 Å². The molecule has 0 saturated carbocycles. The van der Waals surface area contributed by atoms with Gasteiger partial charge in [-0.2, -0.15) is 0 Å². The molecule has 1 aromatic carbocycles. The number of halogens is 1. The molecule has 116 valence electrons. The van der Waals surface area contributed by atoms with Crippen molar-refractivity contribution in [1.29, 1.82) is 0 Å². The van der Waals surface area contributed by atoms with Crippen molar-refractivity contribution < 1.29 is 4.79 Å². The number of nitrogens with zero attached hydrogens (tertiary/aromatic N) is 3. The highest BCUT2D eigenvalue weighted by Crippen LogP contribution is 2.19. The van der Waals surface area contributed by atoms with Crippen molar-refractivity contribution in [1.82, 2.24) is 14.5 Å². The Bertz CT molecular complexity index is 592. The molecular formula is C15H23ClN4O. The number of nitrogens with one attached hydrogen (secondary N) is 1. The molecule has 1 heterocycles. The average Bonchev–Trinajstić information content (AvgIpc) is 2.77. The van der Waals surface area contributed by atoms with Gasteiger partial charge in [-0.1, -0.05) is 26.0 Å². The highest BCUT2D eigenvalue weighted by Gasteiger charge is 2.12. The Balaban J connectivity index is 0.00000220. The van der Waals surface area contributed by atoms with E-state index in [0.717, 1.165) is 37.2 Å². The lowest BCUT2D eigenvalue weighted by atomic mass is 10.3. The number of likely N-dealkylation sites (N-methyl/N-ethyl adjacent to an activating group) is 1. The van der Waals surface area contributed by atoms with Crippen molar-refractivity contribution >= 4 is 35.3 Å². The Hall–Kier alpha value is -1.59. The summed E-state index contributed by atoms with van der Waals surface area (Å²) in [4.78, 5) is 18.2. The molecule has 0 radical (unpaired) electrons. The summed E-state index contributed by atoms with van der Waals surface area (Å²) in [6.07, 6.45) is 0. The molecular weight excluding hydrogens is 288 g/mol. The van der Waals surface area contributed by atoms with Crippen LogP contribution in [0.3, 0.4) is 0 Å². The monoisotopic (exact) mass is 310 g/mol. The first-order valence-electron chi connectivity index (χ1n) is 7.11. The standard InChI is InChI=1S/C15H22N4O.ClH/c1-4-18(5-2)10-11-19-14-9-7-6-8-13(14)17-15(19)16-12(3)20;/h6-9H,4-5,10-11H2,1-3H3,(H,16,17,20);1H. The molecule has 1 N–H and O–H groups in total. The van der Waals surface area contributed by atoms with E-state index in [9.17, 15) is 4.79 Å². The number of hydrogen-bond donors (Lipinski definition) is 1. The van der Waals surface area contributed by atoms with Crippen LogP contribution in [0, 0.1) is 0 Å². The van der Waals surface area contributed by atoms with E-state index in [0.29, 0.717) is 5.95 Å². The maximum absolute atomic E-state index is 11.3. The van der Waals surface area contributed by atoms with E-state index >= 15 is 0 Å². The summed E-state index contributed by atoms with van der Waals surface area (Å²) in [7, 11) is 0. The van der Waals surface area contributed by atoms with Crippen molar-refractivity contribution in [3.8, 4) is 0 Å². The maximum atomic E-state index is 11.3. The SMILES string of the molecule is CCN(CC)CCn1c(NC(C)=O)nc2ccccc21.Cl. The molecule has 2 aromatic rings. The molecule has 0 unspecified atom stereocenters. The van der Waals surface area contributed by atoms with Crippen LogP contribution in [0.1, 0.15) is 20.8 Å². The summed E-state index contributed by atoms with van der Waals surface area (Å²) in [5.74, 6) is 0.537. The molecule has 0 atom stereocenters. The molecule has 1 aromatic heterocycles. The Morgan fingerprint density at radius 3 is 2.57 bits per heavy atom. The van der Waals surface area contributed by atoms with Crippen molar-refractivity contribution in [3.63, 3.8) is 0 Å². The minimum Gasteiger partial charge on any atom is -0.309 e. The lowest BCUT2D eigenvalue weighted by Gasteiger charge is -2.19. The molecule has 2 rings (SSSR count). The predicted molar refractivity (Wildman–Crippen MR) is 89.1 cm³/mol. The smallest absolute Gasteiger partial charge is 0.223 e. The predicted octanol–water partition coefficient (Wildman–Crippen LogP) is 2.76. The minimum atomic E-state index is -0.0932. The van der Waals surface area contributed by atoms with Crippen LogP contribution in [-0.4, -0.2) is 40.0 Å². The van der Waals surface area contributed by atoms with Gasteiger partial charge in [-0.3, -0.25) is 10.1 Å². The molecule has 0 aliphatic carbocycles. The third kappa shape index (κ3) is 4.19. The lowest BCUT2D eigenvalue weighted by molar-refractivity contribution is -0.114. The molecule has 0 bridgehead atoms. The van der Waals surface area contributed by atoms with Crippen LogP contribution in [0.4, 0.5) is 5.95 Å². The van der Waals surface area contributed by atoms with Gasteiger partial charge < -0.3 is 9.47 Å². The van der Waals surface area contributed by atoms with Gasteiger partial charge in [-0.25, -0.2) is 4.98 Å². The fraction of sp³-hybridized carbons (Fsp3) is 0.467. The van der Waals surface area contributed by atoms with E-state index in [4.69, 9.17) is 0 Å². The summed E-state index contributed by atoms with van der Waals surface area (Å²) >= 11 is 0. The Morgan fingerprint density at radius 1 is 1.29 bits per heavy atom. The van der Waals surface area contributed by atoms with E-state index in [1.165, 1.54) is 6.92 Å². The summed E-state index contributed by atoms with van der Waals surface area (Å²) in [6, 6.07) is 7.96. The molecule has 6 heteroatoms. The number of hydrogen-bond acceptors (Lipinski definition) is 3. The third-order valence-corrected chi connectivity index (χ3v) is 3.48. The lowest BCUT2D eigenvalue weighted by Crippen LogP contribution is -2.27. The second-order valence-electron chi connectivity index (χ2n) is 4.78. The number of anilines is 1. The highest BCUT2D eigenvalue weighted by atomic mass is 35.5. The Labute approximate surface area is 131 Å².